The Labute approximate surface area is 177 Å². The average Bonchev–Trinajstić information content (AvgIpc) is 3.36. The highest BCUT2D eigenvalue weighted by atomic mass is 19.4. The second-order valence-electron chi connectivity index (χ2n) is 7.58. The van der Waals surface area contributed by atoms with E-state index >= 15 is 0 Å². The van der Waals surface area contributed by atoms with Gasteiger partial charge in [0.1, 0.15) is 11.6 Å². The van der Waals surface area contributed by atoms with Gasteiger partial charge in [-0.25, -0.2) is 4.98 Å². The molecule has 7 nitrogen and oxygen atoms in total. The fraction of sp³-hybridized carbons (Fsp3) is 0.381. The van der Waals surface area contributed by atoms with Gasteiger partial charge in [0.25, 0.3) is 0 Å². The van der Waals surface area contributed by atoms with Crippen molar-refractivity contribution in [3.8, 4) is 17.1 Å². The number of aromatic nitrogens is 3. The normalized spacial score (nSPS) is 17.1. The van der Waals surface area contributed by atoms with Gasteiger partial charge in [0.05, 0.1) is 6.04 Å². The first-order chi connectivity index (χ1) is 14.8. The minimum absolute atomic E-state index is 0.0950. The van der Waals surface area contributed by atoms with Crippen molar-refractivity contribution in [2.45, 2.75) is 31.8 Å². The zero-order chi connectivity index (χ0) is 22.0. The second-order valence-corrected chi connectivity index (χ2v) is 7.58. The first-order valence-corrected chi connectivity index (χ1v) is 9.84. The van der Waals surface area contributed by atoms with Crippen LogP contribution in [-0.2, 0) is 6.54 Å². The standard InChI is InChI=1S/C21H22F3N5O2/c1-28(2)18-9-8-15(12-25-18)19-26-20(31-27-19)17-7-4-10-29(17)13-14-5-3-6-16(11-14)30-21(22,23)24/h3,5-6,8-9,11-12,17H,4,7,10,13H2,1-2H3. The van der Waals surface area contributed by atoms with E-state index in [4.69, 9.17) is 4.52 Å². The molecule has 2 aromatic heterocycles. The Morgan fingerprint density at radius 3 is 2.77 bits per heavy atom. The molecule has 0 amide bonds. The van der Waals surface area contributed by atoms with Crippen LogP contribution in [0.3, 0.4) is 0 Å². The van der Waals surface area contributed by atoms with Crippen LogP contribution in [0, 0.1) is 0 Å². The Balaban J connectivity index is 1.47. The number of alkyl halides is 3. The predicted octanol–water partition coefficient (Wildman–Crippen LogP) is 4.43. The molecule has 0 spiro atoms. The van der Waals surface area contributed by atoms with Crippen LogP contribution in [0.15, 0.2) is 47.1 Å². The lowest BCUT2D eigenvalue weighted by Crippen LogP contribution is -2.23. The van der Waals surface area contributed by atoms with E-state index in [9.17, 15) is 13.2 Å². The Morgan fingerprint density at radius 2 is 2.06 bits per heavy atom. The van der Waals surface area contributed by atoms with Crippen LogP contribution in [0.5, 0.6) is 5.75 Å². The van der Waals surface area contributed by atoms with Crippen LogP contribution in [0.1, 0.15) is 30.3 Å². The van der Waals surface area contributed by atoms with Gasteiger partial charge in [-0.1, -0.05) is 17.3 Å². The molecule has 1 saturated heterocycles. The predicted molar refractivity (Wildman–Crippen MR) is 107 cm³/mol. The maximum absolute atomic E-state index is 12.5. The number of anilines is 1. The Kier molecular flexibility index (Phi) is 5.81. The number of hydrogen-bond acceptors (Lipinski definition) is 7. The molecule has 1 aliphatic heterocycles. The van der Waals surface area contributed by atoms with Gasteiger partial charge < -0.3 is 14.2 Å². The molecule has 1 atom stereocenters. The largest absolute Gasteiger partial charge is 0.573 e. The first kappa shape index (κ1) is 21.1. The molecule has 0 N–H and O–H groups in total. The van der Waals surface area contributed by atoms with Crippen molar-refractivity contribution in [1.82, 2.24) is 20.0 Å². The highest BCUT2D eigenvalue weighted by Crippen LogP contribution is 2.34. The number of nitrogens with zero attached hydrogens (tertiary/aromatic N) is 5. The van der Waals surface area contributed by atoms with Crippen molar-refractivity contribution >= 4 is 5.82 Å². The van der Waals surface area contributed by atoms with E-state index in [0.29, 0.717) is 18.3 Å². The van der Waals surface area contributed by atoms with Gasteiger partial charge in [0.15, 0.2) is 0 Å². The summed E-state index contributed by atoms with van der Waals surface area (Å²) in [6.45, 7) is 1.24. The summed E-state index contributed by atoms with van der Waals surface area (Å²) in [5, 5.41) is 4.09. The number of hydrogen-bond donors (Lipinski definition) is 0. The van der Waals surface area contributed by atoms with E-state index < -0.39 is 6.36 Å². The Hall–Kier alpha value is -3.14. The lowest BCUT2D eigenvalue weighted by Gasteiger charge is -2.21. The highest BCUT2D eigenvalue weighted by Gasteiger charge is 2.32. The summed E-state index contributed by atoms with van der Waals surface area (Å²) in [5.74, 6) is 1.55. The number of ether oxygens (including phenoxy) is 1. The van der Waals surface area contributed by atoms with Crippen LogP contribution < -0.4 is 9.64 Å². The van der Waals surface area contributed by atoms with Crippen LogP contribution in [0.25, 0.3) is 11.4 Å². The van der Waals surface area contributed by atoms with Crippen molar-refractivity contribution in [2.75, 3.05) is 25.5 Å². The Bertz CT molecular complexity index is 1020. The molecule has 4 rings (SSSR count). The second kappa shape index (κ2) is 8.54. The lowest BCUT2D eigenvalue weighted by atomic mass is 10.1. The van der Waals surface area contributed by atoms with Crippen LogP contribution in [0.2, 0.25) is 0 Å². The smallest absolute Gasteiger partial charge is 0.406 e. The molecule has 10 heteroatoms. The van der Waals surface area contributed by atoms with E-state index in [-0.39, 0.29) is 11.8 Å². The molecule has 164 valence electrons. The summed E-state index contributed by atoms with van der Waals surface area (Å²) < 4.78 is 47.0. The zero-order valence-corrected chi connectivity index (χ0v) is 17.1. The van der Waals surface area contributed by atoms with Gasteiger partial charge in [0, 0.05) is 32.4 Å². The number of halogens is 3. The van der Waals surface area contributed by atoms with Crippen molar-refractivity contribution in [3.05, 3.63) is 54.0 Å². The number of likely N-dealkylation sites (tertiary alicyclic amines) is 1. The number of pyridine rings is 1. The van der Waals surface area contributed by atoms with Gasteiger partial charge in [-0.05, 0) is 49.2 Å². The molecule has 0 bridgehead atoms. The van der Waals surface area contributed by atoms with Gasteiger partial charge in [0.2, 0.25) is 11.7 Å². The summed E-state index contributed by atoms with van der Waals surface area (Å²) in [6.07, 6.45) is -1.25. The molecule has 1 fully saturated rings. The third-order valence-corrected chi connectivity index (χ3v) is 5.07. The van der Waals surface area contributed by atoms with E-state index in [1.165, 1.54) is 12.1 Å². The van der Waals surface area contributed by atoms with Crippen molar-refractivity contribution in [2.24, 2.45) is 0 Å². The fourth-order valence-electron chi connectivity index (χ4n) is 3.64. The maximum atomic E-state index is 12.5. The SMILES string of the molecule is CN(C)c1ccc(-c2noc(C3CCCN3Cc3cccc(OC(F)(F)F)c3)n2)cn1. The first-order valence-electron chi connectivity index (χ1n) is 9.84. The van der Waals surface area contributed by atoms with Crippen LogP contribution in [0.4, 0.5) is 19.0 Å². The van der Waals surface area contributed by atoms with Gasteiger partial charge in [-0.3, -0.25) is 4.90 Å². The van der Waals surface area contributed by atoms with E-state index in [0.717, 1.165) is 36.3 Å². The molecule has 1 aliphatic rings. The molecule has 0 saturated carbocycles. The molecular formula is C21H22F3N5O2. The van der Waals surface area contributed by atoms with E-state index in [1.807, 2.05) is 31.1 Å². The van der Waals surface area contributed by atoms with Crippen LogP contribution in [-0.4, -0.2) is 47.0 Å². The summed E-state index contributed by atoms with van der Waals surface area (Å²) in [7, 11) is 3.82. The highest BCUT2D eigenvalue weighted by molar-refractivity contribution is 5.55. The van der Waals surface area contributed by atoms with Gasteiger partial charge in [-0.2, -0.15) is 4.98 Å². The molecule has 31 heavy (non-hydrogen) atoms. The summed E-state index contributed by atoms with van der Waals surface area (Å²) in [5.41, 5.74) is 1.47. The number of rotatable bonds is 6. The molecule has 0 aliphatic carbocycles. The minimum Gasteiger partial charge on any atom is -0.406 e. The lowest BCUT2D eigenvalue weighted by molar-refractivity contribution is -0.274. The van der Waals surface area contributed by atoms with Crippen LogP contribution >= 0.6 is 0 Å². The van der Waals surface area contributed by atoms with Crippen molar-refractivity contribution in [1.29, 1.82) is 0 Å². The third kappa shape index (κ3) is 5.13. The summed E-state index contributed by atoms with van der Waals surface area (Å²) >= 11 is 0. The topological polar surface area (TPSA) is 67.5 Å². The van der Waals surface area contributed by atoms with Crippen molar-refractivity contribution < 1.29 is 22.4 Å². The monoisotopic (exact) mass is 433 g/mol. The molecular weight excluding hydrogens is 411 g/mol. The summed E-state index contributed by atoms with van der Waals surface area (Å²) in [6, 6.07) is 9.69. The molecule has 0 radical (unpaired) electrons. The minimum atomic E-state index is -4.71. The zero-order valence-electron chi connectivity index (χ0n) is 17.1. The molecule has 3 aromatic rings. The quantitative estimate of drug-likeness (QED) is 0.570. The molecule has 3 heterocycles. The Morgan fingerprint density at radius 1 is 1.23 bits per heavy atom. The average molecular weight is 433 g/mol. The van der Waals surface area contributed by atoms with E-state index in [1.54, 1.807) is 18.3 Å². The summed E-state index contributed by atoms with van der Waals surface area (Å²) in [4.78, 5) is 12.9. The molecule has 1 aromatic carbocycles. The maximum Gasteiger partial charge on any atom is 0.573 e. The fourth-order valence-corrected chi connectivity index (χ4v) is 3.64. The third-order valence-electron chi connectivity index (χ3n) is 5.07. The number of benzene rings is 1. The van der Waals surface area contributed by atoms with Gasteiger partial charge >= 0.3 is 6.36 Å². The van der Waals surface area contributed by atoms with Gasteiger partial charge in [-0.15, -0.1) is 13.2 Å². The molecule has 1 unspecified atom stereocenters. The van der Waals surface area contributed by atoms with E-state index in [2.05, 4.69) is 24.8 Å². The van der Waals surface area contributed by atoms with Crippen molar-refractivity contribution in [3.63, 3.8) is 0 Å².